The average molecular weight is 279 g/mol. The molecule has 0 fully saturated rings. The molecule has 0 saturated heterocycles. The van der Waals surface area contributed by atoms with Gasteiger partial charge in [-0.05, 0) is 43.2 Å². The molecule has 0 bridgehead atoms. The van der Waals surface area contributed by atoms with E-state index in [1.54, 1.807) is 29.1 Å². The smallest absolute Gasteiger partial charge is 0.313 e. The molecule has 1 aromatic heterocycles. The molecule has 0 unspecified atom stereocenters. The maximum Gasteiger partial charge on any atom is 0.313 e. The second-order valence-corrected chi connectivity index (χ2v) is 4.85. The molecule has 4 nitrogen and oxygen atoms in total. The molecule has 0 amide bonds. The molecule has 0 N–H and O–H groups in total. The predicted molar refractivity (Wildman–Crippen MR) is 73.4 cm³/mol. The molecular weight excluding hydrogens is 264 g/mol. The van der Waals surface area contributed by atoms with E-state index >= 15 is 0 Å². The van der Waals surface area contributed by atoms with Gasteiger partial charge in [0.25, 0.3) is 0 Å². The van der Waals surface area contributed by atoms with Gasteiger partial charge in [-0.2, -0.15) is 5.10 Å². The summed E-state index contributed by atoms with van der Waals surface area (Å²) in [5, 5.41) is 4.74. The van der Waals surface area contributed by atoms with Crippen molar-refractivity contribution in [3.63, 3.8) is 0 Å². The monoisotopic (exact) mass is 278 g/mol. The highest BCUT2D eigenvalue weighted by atomic mass is 35.5. The maximum atomic E-state index is 11.7. The van der Waals surface area contributed by atoms with Gasteiger partial charge in [0.1, 0.15) is 5.75 Å². The van der Waals surface area contributed by atoms with Gasteiger partial charge in [0.15, 0.2) is 0 Å². The lowest BCUT2D eigenvalue weighted by Crippen LogP contribution is -2.12. The number of hydrogen-bond donors (Lipinski definition) is 0. The number of carbonyl (C=O) groups is 1. The first-order chi connectivity index (χ1) is 9.04. The average Bonchev–Trinajstić information content (AvgIpc) is 2.76. The lowest BCUT2D eigenvalue weighted by molar-refractivity contribution is -0.134. The van der Waals surface area contributed by atoms with E-state index in [4.69, 9.17) is 16.3 Å². The summed E-state index contributed by atoms with van der Waals surface area (Å²) in [7, 11) is 0. The van der Waals surface area contributed by atoms with Crippen LogP contribution in [0.2, 0.25) is 5.02 Å². The highest BCUT2D eigenvalue weighted by Gasteiger charge is 2.08. The largest absolute Gasteiger partial charge is 0.426 e. The van der Waals surface area contributed by atoms with Crippen molar-refractivity contribution in [2.24, 2.45) is 0 Å². The first-order valence-electron chi connectivity index (χ1n) is 6.00. The molecule has 2 rings (SSSR count). The summed E-state index contributed by atoms with van der Waals surface area (Å²) in [6, 6.07) is 5.17. The van der Waals surface area contributed by atoms with Crippen LogP contribution in [0.4, 0.5) is 0 Å². The van der Waals surface area contributed by atoms with Gasteiger partial charge in [-0.3, -0.25) is 9.48 Å². The van der Waals surface area contributed by atoms with Gasteiger partial charge in [0, 0.05) is 11.2 Å². The van der Waals surface area contributed by atoms with E-state index in [1.165, 1.54) is 0 Å². The summed E-state index contributed by atoms with van der Waals surface area (Å²) in [6.07, 6.45) is 3.93. The van der Waals surface area contributed by atoms with Crippen molar-refractivity contribution in [3.8, 4) is 5.75 Å². The Morgan fingerprint density at radius 3 is 2.84 bits per heavy atom. The van der Waals surface area contributed by atoms with Crippen molar-refractivity contribution in [1.82, 2.24) is 9.78 Å². The highest BCUT2D eigenvalue weighted by Crippen LogP contribution is 2.22. The van der Waals surface area contributed by atoms with E-state index in [1.807, 2.05) is 20.0 Å². The summed E-state index contributed by atoms with van der Waals surface area (Å²) >= 11 is 5.84. The quantitative estimate of drug-likeness (QED) is 0.637. The van der Waals surface area contributed by atoms with Crippen LogP contribution in [-0.2, 0) is 11.3 Å². The van der Waals surface area contributed by atoms with Crippen LogP contribution in [0.15, 0.2) is 30.6 Å². The Morgan fingerprint density at radius 1 is 1.42 bits per heavy atom. The number of esters is 1. The van der Waals surface area contributed by atoms with E-state index in [0.29, 0.717) is 17.3 Å². The van der Waals surface area contributed by atoms with Crippen LogP contribution in [0.1, 0.15) is 17.5 Å². The van der Waals surface area contributed by atoms with Crippen LogP contribution < -0.4 is 4.74 Å². The first-order valence-corrected chi connectivity index (χ1v) is 6.38. The van der Waals surface area contributed by atoms with Crippen LogP contribution in [0.5, 0.6) is 5.75 Å². The Balaban J connectivity index is 1.90. The summed E-state index contributed by atoms with van der Waals surface area (Å²) in [6.45, 7) is 4.32. The molecule has 1 aromatic carbocycles. The normalized spacial score (nSPS) is 10.5. The molecule has 0 radical (unpaired) electrons. The SMILES string of the molecule is Cc1cnn(CCC(=O)Oc2ccc(Cl)cc2C)c1. The van der Waals surface area contributed by atoms with Crippen LogP contribution >= 0.6 is 11.6 Å². The van der Waals surface area contributed by atoms with E-state index in [9.17, 15) is 4.79 Å². The van der Waals surface area contributed by atoms with E-state index < -0.39 is 0 Å². The number of rotatable bonds is 4. The third-order valence-electron chi connectivity index (χ3n) is 2.67. The van der Waals surface area contributed by atoms with E-state index in [-0.39, 0.29) is 12.4 Å². The Morgan fingerprint density at radius 2 is 2.21 bits per heavy atom. The topological polar surface area (TPSA) is 44.1 Å². The lowest BCUT2D eigenvalue weighted by atomic mass is 10.2. The molecule has 0 aliphatic carbocycles. The van der Waals surface area contributed by atoms with Crippen molar-refractivity contribution in [2.45, 2.75) is 26.8 Å². The summed E-state index contributed by atoms with van der Waals surface area (Å²) < 4.78 is 7.02. The number of nitrogens with zero attached hydrogens (tertiary/aromatic N) is 2. The van der Waals surface area contributed by atoms with Gasteiger partial charge >= 0.3 is 5.97 Å². The Labute approximate surface area is 116 Å². The summed E-state index contributed by atoms with van der Waals surface area (Å²) in [5.74, 6) is 0.268. The second kappa shape index (κ2) is 5.89. The zero-order valence-electron chi connectivity index (χ0n) is 10.9. The van der Waals surface area contributed by atoms with Crippen LogP contribution in [0, 0.1) is 13.8 Å². The van der Waals surface area contributed by atoms with Crippen LogP contribution in [0.25, 0.3) is 0 Å². The molecule has 0 aliphatic rings. The predicted octanol–water partition coefficient (Wildman–Crippen LogP) is 3.15. The summed E-state index contributed by atoms with van der Waals surface area (Å²) in [5.41, 5.74) is 1.91. The molecule has 1 heterocycles. The molecule has 0 saturated carbocycles. The number of ether oxygens (including phenoxy) is 1. The zero-order valence-corrected chi connectivity index (χ0v) is 11.6. The minimum atomic E-state index is -0.279. The fraction of sp³-hybridized carbons (Fsp3) is 0.286. The van der Waals surface area contributed by atoms with Gasteiger partial charge in [-0.25, -0.2) is 0 Å². The van der Waals surface area contributed by atoms with Gasteiger partial charge in [-0.1, -0.05) is 11.6 Å². The molecule has 0 atom stereocenters. The lowest BCUT2D eigenvalue weighted by Gasteiger charge is -2.07. The molecular formula is C14H15ClN2O2. The molecule has 5 heteroatoms. The number of aryl methyl sites for hydroxylation is 3. The van der Waals surface area contributed by atoms with Crippen molar-refractivity contribution < 1.29 is 9.53 Å². The fourth-order valence-corrected chi connectivity index (χ4v) is 1.92. The third-order valence-corrected chi connectivity index (χ3v) is 2.90. The van der Waals surface area contributed by atoms with Crippen molar-refractivity contribution in [2.75, 3.05) is 0 Å². The summed E-state index contributed by atoms with van der Waals surface area (Å²) in [4.78, 5) is 11.7. The molecule has 0 aliphatic heterocycles. The fourth-order valence-electron chi connectivity index (χ4n) is 1.70. The van der Waals surface area contributed by atoms with Crippen molar-refractivity contribution >= 4 is 17.6 Å². The molecule has 2 aromatic rings. The first kappa shape index (κ1) is 13.6. The molecule has 0 spiro atoms. The van der Waals surface area contributed by atoms with E-state index in [0.717, 1.165) is 11.1 Å². The van der Waals surface area contributed by atoms with Gasteiger partial charge in [0.2, 0.25) is 0 Å². The van der Waals surface area contributed by atoms with Crippen LogP contribution in [0.3, 0.4) is 0 Å². The number of benzene rings is 1. The molecule has 19 heavy (non-hydrogen) atoms. The minimum Gasteiger partial charge on any atom is -0.426 e. The number of halogens is 1. The van der Waals surface area contributed by atoms with Crippen molar-refractivity contribution in [1.29, 1.82) is 0 Å². The van der Waals surface area contributed by atoms with Gasteiger partial charge in [0.05, 0.1) is 19.2 Å². The Kier molecular flexibility index (Phi) is 4.22. The number of aromatic nitrogens is 2. The number of carbonyl (C=O) groups excluding carboxylic acids is 1. The zero-order chi connectivity index (χ0) is 13.8. The standard InChI is InChI=1S/C14H15ClN2O2/c1-10-8-16-17(9-10)6-5-14(18)19-13-4-3-12(15)7-11(13)2/h3-4,7-9H,5-6H2,1-2H3. The second-order valence-electron chi connectivity index (χ2n) is 4.41. The minimum absolute atomic E-state index is 0.279. The highest BCUT2D eigenvalue weighted by molar-refractivity contribution is 6.30. The maximum absolute atomic E-state index is 11.7. The third kappa shape index (κ3) is 3.83. The van der Waals surface area contributed by atoms with Gasteiger partial charge < -0.3 is 4.74 Å². The van der Waals surface area contributed by atoms with Crippen LogP contribution in [-0.4, -0.2) is 15.7 Å². The van der Waals surface area contributed by atoms with Crippen molar-refractivity contribution in [3.05, 3.63) is 46.7 Å². The Hall–Kier alpha value is -1.81. The van der Waals surface area contributed by atoms with E-state index in [2.05, 4.69) is 5.10 Å². The molecule has 100 valence electrons. The number of hydrogen-bond acceptors (Lipinski definition) is 3. The van der Waals surface area contributed by atoms with Gasteiger partial charge in [-0.15, -0.1) is 0 Å². The Bertz CT molecular complexity index is 593.